The van der Waals surface area contributed by atoms with Crippen molar-refractivity contribution in [2.24, 2.45) is 0 Å². The predicted octanol–water partition coefficient (Wildman–Crippen LogP) is 2.06. The van der Waals surface area contributed by atoms with Gasteiger partial charge in [0.05, 0.1) is 0 Å². The number of halogens is 3. The van der Waals surface area contributed by atoms with E-state index in [9.17, 15) is 0 Å². The van der Waals surface area contributed by atoms with E-state index in [0.29, 0.717) is 0 Å². The maximum Gasteiger partial charge on any atom is 2.00 e. The van der Waals surface area contributed by atoms with Gasteiger partial charge in [-0.1, -0.05) is 0 Å². The summed E-state index contributed by atoms with van der Waals surface area (Å²) in [6.45, 7) is 0. The summed E-state index contributed by atoms with van der Waals surface area (Å²) in [7, 11) is 14.7. The van der Waals surface area contributed by atoms with Gasteiger partial charge in [0.2, 0.25) is 0 Å². The fourth-order valence-electron chi connectivity index (χ4n) is 0. The van der Waals surface area contributed by atoms with Gasteiger partial charge in [0.15, 0.2) is 0 Å². The molecule has 0 aromatic carbocycles. The van der Waals surface area contributed by atoms with Gasteiger partial charge >= 0.3 is 58.5 Å². The molecule has 0 atom stereocenters. The largest absolute Gasteiger partial charge is 2.00 e. The quantitative estimate of drug-likeness (QED) is 0.546. The van der Waals surface area contributed by atoms with Crippen molar-refractivity contribution < 1.29 is 28.2 Å². The van der Waals surface area contributed by atoms with Gasteiger partial charge < -0.3 is 0 Å². The topological polar surface area (TPSA) is 0 Å². The third-order valence-corrected chi connectivity index (χ3v) is 0. The first-order valence-electron chi connectivity index (χ1n) is 0.401. The Morgan fingerprint density at radius 2 is 1.00 bits per heavy atom. The maximum absolute atomic E-state index is 4.89. The second-order valence-corrected chi connectivity index (χ2v) is 5.62. The van der Waals surface area contributed by atoms with Gasteiger partial charge in [-0.15, -0.1) is 0 Å². The number of hydrogen-bond donors (Lipinski definition) is 0. The van der Waals surface area contributed by atoms with Crippen molar-refractivity contribution in [1.29, 1.82) is 0 Å². The second-order valence-electron chi connectivity index (χ2n) is 0.152. The summed E-state index contributed by atoms with van der Waals surface area (Å²) >= 11 is -1.33. The molecule has 0 aromatic rings. The molecule has 5 heavy (non-hydrogen) atoms. The summed E-state index contributed by atoms with van der Waals surface area (Å²) in [5.74, 6) is 0. The molecule has 0 aliphatic rings. The van der Waals surface area contributed by atoms with Crippen molar-refractivity contribution in [3.05, 3.63) is 0 Å². The Bertz CT molecular complexity index is 9.61. The first kappa shape index (κ1) is 10.0. The van der Waals surface area contributed by atoms with Crippen LogP contribution >= 0.6 is 30.3 Å². The number of hydrogen-bond acceptors (Lipinski definition) is 0. The average Bonchev–Trinajstić information content (AvgIpc) is 0.811. The summed E-state index contributed by atoms with van der Waals surface area (Å²) in [4.78, 5) is 0. The molecule has 0 radical (unpaired) electrons. The van der Waals surface area contributed by atoms with Crippen LogP contribution < -0.4 is 0 Å². The van der Waals surface area contributed by atoms with Gasteiger partial charge in [0, 0.05) is 0 Å². The van der Waals surface area contributed by atoms with Gasteiger partial charge in [-0.2, -0.15) is 0 Å². The monoisotopic (exact) mass is 217 g/mol. The summed E-state index contributed by atoms with van der Waals surface area (Å²) in [6.07, 6.45) is 0. The van der Waals surface area contributed by atoms with Crippen LogP contribution in [0.5, 0.6) is 0 Å². The van der Waals surface area contributed by atoms with E-state index >= 15 is 0 Å². The van der Waals surface area contributed by atoms with E-state index in [1.54, 1.807) is 0 Å². The minimum Gasteiger partial charge on any atom is 2.00 e. The van der Waals surface area contributed by atoms with E-state index in [0.717, 1.165) is 0 Å². The number of rotatable bonds is 0. The molecule has 0 heterocycles. The fourth-order valence-corrected chi connectivity index (χ4v) is 0. The van der Waals surface area contributed by atoms with E-state index in [-0.39, 0.29) is 17.1 Å². The molecule has 0 aromatic heterocycles. The van der Waals surface area contributed by atoms with E-state index < -0.39 is 11.2 Å². The minimum atomic E-state index is -1.33. The molecule has 0 N–H and O–H groups in total. The molecular weight excluding hydrogens is 218 g/mol. The van der Waals surface area contributed by atoms with Crippen LogP contribution in [0.4, 0.5) is 0 Å². The van der Waals surface area contributed by atoms with Crippen LogP contribution in [-0.2, 0) is 28.2 Å². The summed E-state index contributed by atoms with van der Waals surface area (Å²) in [5.41, 5.74) is 0. The van der Waals surface area contributed by atoms with Crippen LogP contribution in [0.15, 0.2) is 0 Å². The molecule has 0 aliphatic heterocycles. The average molecular weight is 218 g/mol. The smallest absolute Gasteiger partial charge is 2.00 e. The Hall–Kier alpha value is 1.91. The van der Waals surface area contributed by atoms with E-state index in [1.807, 2.05) is 0 Å². The summed E-state index contributed by atoms with van der Waals surface area (Å²) in [6, 6.07) is 0. The Morgan fingerprint density at radius 1 is 1.00 bits per heavy atom. The van der Waals surface area contributed by atoms with Crippen LogP contribution in [0.3, 0.4) is 0 Å². The molecule has 0 rings (SSSR count). The predicted molar refractivity (Wildman–Crippen MR) is 17.6 cm³/mol. The molecule has 0 bridgehead atoms. The zero-order chi connectivity index (χ0) is 3.58. The van der Waals surface area contributed by atoms with Gasteiger partial charge in [-0.25, -0.2) is 0 Å². The molecule has 5 heteroatoms. The Balaban J connectivity index is 0. The van der Waals surface area contributed by atoms with E-state index in [4.69, 9.17) is 30.3 Å². The van der Waals surface area contributed by atoms with Crippen molar-refractivity contribution in [2.75, 3.05) is 0 Å². The van der Waals surface area contributed by atoms with E-state index in [1.165, 1.54) is 0 Å². The van der Waals surface area contributed by atoms with Crippen LogP contribution in [0.2, 0.25) is 0 Å². The first-order chi connectivity index (χ1) is 1.73. The minimum absolute atomic E-state index is 0. The van der Waals surface area contributed by atoms with Crippen molar-refractivity contribution in [1.82, 2.24) is 0 Å². The molecule has 0 saturated carbocycles. The normalized spacial score (nSPS) is 9.00. The Morgan fingerprint density at radius 3 is 1.00 bits per heavy atom. The summed E-state index contributed by atoms with van der Waals surface area (Å²) < 4.78 is 0. The van der Waals surface area contributed by atoms with Crippen LogP contribution in [-0.4, -0.2) is 0 Å². The zero-order valence-electron chi connectivity index (χ0n) is 1.84. The first-order valence-corrected chi connectivity index (χ1v) is 4.96. The maximum atomic E-state index is 4.89. The fraction of sp³-hybridized carbons (Fsp3) is 0. The van der Waals surface area contributed by atoms with Gasteiger partial charge in [-0.05, 0) is 0 Å². The van der Waals surface area contributed by atoms with Crippen molar-refractivity contribution in [3.8, 4) is 0 Å². The summed E-state index contributed by atoms with van der Waals surface area (Å²) in [5, 5.41) is 0. The van der Waals surface area contributed by atoms with Gasteiger partial charge in [0.25, 0.3) is 0 Å². The van der Waals surface area contributed by atoms with Gasteiger partial charge in [-0.3, -0.25) is 0 Å². The molecule has 0 nitrogen and oxygen atoms in total. The Labute approximate surface area is 58.2 Å². The third kappa shape index (κ3) is 24.8. The molecule has 0 amide bonds. The Kier molecular flexibility index (Phi) is 11.8. The second kappa shape index (κ2) is 5.91. The molecular formula is Cl3Fe2+2. The molecule has 0 aliphatic carbocycles. The van der Waals surface area contributed by atoms with Crippen molar-refractivity contribution in [2.45, 2.75) is 0 Å². The standard InChI is InChI=1S/3ClH.2Fe/h3*1H;;/q;;;+2;+3/p-3. The van der Waals surface area contributed by atoms with Gasteiger partial charge in [0.1, 0.15) is 0 Å². The van der Waals surface area contributed by atoms with Crippen LogP contribution in [0.1, 0.15) is 0 Å². The molecule has 0 saturated heterocycles. The van der Waals surface area contributed by atoms with Crippen LogP contribution in [0.25, 0.3) is 0 Å². The van der Waals surface area contributed by atoms with E-state index in [2.05, 4.69) is 0 Å². The molecule has 35 valence electrons. The molecule has 0 spiro atoms. The van der Waals surface area contributed by atoms with Crippen LogP contribution in [0, 0.1) is 0 Å². The van der Waals surface area contributed by atoms with Crippen molar-refractivity contribution >= 4 is 30.3 Å². The third-order valence-electron chi connectivity index (χ3n) is 0. The molecule has 0 fully saturated rings. The SMILES string of the molecule is [Cl][Fe]([Cl])[Cl].[Fe+2]. The zero-order valence-corrected chi connectivity index (χ0v) is 6.32. The molecule has 0 unspecified atom stereocenters. The van der Waals surface area contributed by atoms with Crippen molar-refractivity contribution in [3.63, 3.8) is 0 Å².